The smallest absolute Gasteiger partial charge is 0.254 e. The van der Waals surface area contributed by atoms with Crippen molar-refractivity contribution < 1.29 is 17.9 Å². The van der Waals surface area contributed by atoms with Crippen molar-refractivity contribution in [2.24, 2.45) is 0 Å². The number of carbonyl (C=O) groups is 1. The molecule has 5 nitrogen and oxygen atoms in total. The third kappa shape index (κ3) is 5.10. The van der Waals surface area contributed by atoms with E-state index in [2.05, 4.69) is 0 Å². The molecule has 0 saturated carbocycles. The van der Waals surface area contributed by atoms with Crippen LogP contribution in [-0.2, 0) is 16.4 Å². The number of rotatable bonds is 6. The maximum absolute atomic E-state index is 13.2. The van der Waals surface area contributed by atoms with Gasteiger partial charge in [0.05, 0.1) is 17.6 Å². The molecule has 0 aliphatic carbocycles. The van der Waals surface area contributed by atoms with Gasteiger partial charge in [-0.15, -0.1) is 0 Å². The van der Waals surface area contributed by atoms with Crippen molar-refractivity contribution in [3.05, 3.63) is 65.7 Å². The standard InChI is InChI=1S/C21H25NO4S/c1-16(2)26-20-10-8-18(9-11-20)21(23)22(14-17-6-4-3-5-7-17)19-12-13-27(24,25)15-19/h3-11,16,19H,12-15H2,1-2H3/t19-/m0/s1. The molecule has 0 unspecified atom stereocenters. The van der Waals surface area contributed by atoms with Crippen LogP contribution in [0, 0.1) is 0 Å². The minimum Gasteiger partial charge on any atom is -0.491 e. The van der Waals surface area contributed by atoms with Crippen LogP contribution in [0.1, 0.15) is 36.2 Å². The molecule has 0 N–H and O–H groups in total. The first-order valence-electron chi connectivity index (χ1n) is 9.16. The Morgan fingerprint density at radius 3 is 2.33 bits per heavy atom. The Balaban J connectivity index is 1.84. The average Bonchev–Trinajstić information content (AvgIpc) is 3.00. The predicted molar refractivity (Wildman–Crippen MR) is 106 cm³/mol. The van der Waals surface area contributed by atoms with Gasteiger partial charge in [-0.1, -0.05) is 30.3 Å². The quantitative estimate of drug-likeness (QED) is 0.763. The average molecular weight is 388 g/mol. The molecule has 2 aromatic carbocycles. The Hall–Kier alpha value is -2.34. The van der Waals surface area contributed by atoms with E-state index in [0.717, 1.165) is 5.56 Å². The summed E-state index contributed by atoms with van der Waals surface area (Å²) in [5, 5.41) is 0. The predicted octanol–water partition coefficient (Wildman–Crippen LogP) is 3.30. The van der Waals surface area contributed by atoms with E-state index in [1.807, 2.05) is 44.2 Å². The fourth-order valence-corrected chi connectivity index (χ4v) is 5.01. The maximum atomic E-state index is 13.2. The van der Waals surface area contributed by atoms with Crippen LogP contribution in [-0.4, -0.2) is 42.9 Å². The Bertz CT molecular complexity index is 876. The molecule has 0 radical (unpaired) electrons. The van der Waals surface area contributed by atoms with Crippen molar-refractivity contribution in [2.45, 2.75) is 39.0 Å². The molecule has 1 saturated heterocycles. The molecule has 1 atom stereocenters. The number of sulfone groups is 1. The lowest BCUT2D eigenvalue weighted by atomic mass is 10.1. The van der Waals surface area contributed by atoms with E-state index in [1.54, 1.807) is 29.2 Å². The van der Waals surface area contributed by atoms with Gasteiger partial charge in [-0.2, -0.15) is 0 Å². The molecular weight excluding hydrogens is 362 g/mol. The monoisotopic (exact) mass is 387 g/mol. The molecule has 27 heavy (non-hydrogen) atoms. The third-order valence-electron chi connectivity index (χ3n) is 4.58. The Morgan fingerprint density at radius 1 is 1.11 bits per heavy atom. The number of hydrogen-bond donors (Lipinski definition) is 0. The van der Waals surface area contributed by atoms with Crippen molar-refractivity contribution in [3.63, 3.8) is 0 Å². The highest BCUT2D eigenvalue weighted by atomic mass is 32.2. The highest BCUT2D eigenvalue weighted by Gasteiger charge is 2.35. The van der Waals surface area contributed by atoms with Gasteiger partial charge >= 0.3 is 0 Å². The Labute approximate surface area is 160 Å². The van der Waals surface area contributed by atoms with Crippen LogP contribution in [0.5, 0.6) is 5.75 Å². The highest BCUT2D eigenvalue weighted by Crippen LogP contribution is 2.23. The largest absolute Gasteiger partial charge is 0.491 e. The first-order valence-corrected chi connectivity index (χ1v) is 11.0. The maximum Gasteiger partial charge on any atom is 0.254 e. The normalized spacial score (nSPS) is 18.4. The van der Waals surface area contributed by atoms with E-state index < -0.39 is 9.84 Å². The van der Waals surface area contributed by atoms with Gasteiger partial charge in [0.15, 0.2) is 9.84 Å². The van der Waals surface area contributed by atoms with Crippen molar-refractivity contribution in [3.8, 4) is 5.75 Å². The number of nitrogens with zero attached hydrogens (tertiary/aromatic N) is 1. The van der Waals surface area contributed by atoms with Crippen LogP contribution in [0.2, 0.25) is 0 Å². The second kappa shape index (κ2) is 8.13. The summed E-state index contributed by atoms with van der Waals surface area (Å²) in [5.41, 5.74) is 1.52. The topological polar surface area (TPSA) is 63.7 Å². The number of ether oxygens (including phenoxy) is 1. The first-order chi connectivity index (χ1) is 12.8. The van der Waals surface area contributed by atoms with E-state index in [1.165, 1.54) is 0 Å². The van der Waals surface area contributed by atoms with Gasteiger partial charge in [0.2, 0.25) is 0 Å². The summed E-state index contributed by atoms with van der Waals surface area (Å²) >= 11 is 0. The fourth-order valence-electron chi connectivity index (χ4n) is 3.28. The molecular formula is C21H25NO4S. The van der Waals surface area contributed by atoms with E-state index >= 15 is 0 Å². The number of amides is 1. The molecule has 0 bridgehead atoms. The molecule has 6 heteroatoms. The van der Waals surface area contributed by atoms with E-state index in [0.29, 0.717) is 24.3 Å². The highest BCUT2D eigenvalue weighted by molar-refractivity contribution is 7.91. The number of carbonyl (C=O) groups excluding carboxylic acids is 1. The van der Waals surface area contributed by atoms with E-state index in [9.17, 15) is 13.2 Å². The van der Waals surface area contributed by atoms with Gasteiger partial charge in [0, 0.05) is 18.2 Å². The summed E-state index contributed by atoms with van der Waals surface area (Å²) in [6.45, 7) is 4.28. The fraction of sp³-hybridized carbons (Fsp3) is 0.381. The molecule has 1 heterocycles. The van der Waals surface area contributed by atoms with Gasteiger partial charge in [0.1, 0.15) is 5.75 Å². The lowest BCUT2D eigenvalue weighted by molar-refractivity contribution is 0.0681. The van der Waals surface area contributed by atoms with E-state index in [4.69, 9.17) is 4.74 Å². The van der Waals surface area contributed by atoms with Crippen LogP contribution in [0.15, 0.2) is 54.6 Å². The Morgan fingerprint density at radius 2 is 1.78 bits per heavy atom. The van der Waals surface area contributed by atoms with Crippen molar-refractivity contribution in [1.82, 2.24) is 4.90 Å². The van der Waals surface area contributed by atoms with Crippen molar-refractivity contribution in [2.75, 3.05) is 11.5 Å². The van der Waals surface area contributed by atoms with Gasteiger partial charge in [-0.05, 0) is 50.1 Å². The van der Waals surface area contributed by atoms with E-state index in [-0.39, 0.29) is 29.6 Å². The Kier molecular flexibility index (Phi) is 5.85. The summed E-state index contributed by atoms with van der Waals surface area (Å²) < 4.78 is 29.5. The van der Waals surface area contributed by atoms with Crippen LogP contribution in [0.4, 0.5) is 0 Å². The molecule has 1 fully saturated rings. The summed E-state index contributed by atoms with van der Waals surface area (Å²) in [6, 6.07) is 16.4. The van der Waals surface area contributed by atoms with Gasteiger partial charge in [-0.3, -0.25) is 4.79 Å². The molecule has 2 aromatic rings. The minimum atomic E-state index is -3.08. The van der Waals surface area contributed by atoms with Crippen molar-refractivity contribution >= 4 is 15.7 Å². The zero-order valence-electron chi connectivity index (χ0n) is 15.7. The molecule has 1 aliphatic heterocycles. The SMILES string of the molecule is CC(C)Oc1ccc(C(=O)N(Cc2ccccc2)[C@H]2CCS(=O)(=O)C2)cc1. The molecule has 3 rings (SSSR count). The van der Waals surface area contributed by atoms with Crippen LogP contribution >= 0.6 is 0 Å². The summed E-state index contributed by atoms with van der Waals surface area (Å²) in [5.74, 6) is 0.717. The summed E-state index contributed by atoms with van der Waals surface area (Å²) in [7, 11) is -3.08. The van der Waals surface area contributed by atoms with Crippen LogP contribution < -0.4 is 4.74 Å². The molecule has 0 spiro atoms. The second-order valence-electron chi connectivity index (χ2n) is 7.17. The van der Waals surface area contributed by atoms with Gasteiger partial charge in [0.25, 0.3) is 5.91 Å². The lowest BCUT2D eigenvalue weighted by Crippen LogP contribution is -2.40. The summed E-state index contributed by atoms with van der Waals surface area (Å²) in [6.07, 6.45) is 0.542. The first kappa shape index (κ1) is 19.4. The second-order valence-corrected chi connectivity index (χ2v) is 9.40. The number of hydrogen-bond acceptors (Lipinski definition) is 4. The van der Waals surface area contributed by atoms with Gasteiger partial charge < -0.3 is 9.64 Å². The van der Waals surface area contributed by atoms with Crippen LogP contribution in [0.3, 0.4) is 0 Å². The lowest BCUT2D eigenvalue weighted by Gasteiger charge is -2.28. The van der Waals surface area contributed by atoms with Crippen LogP contribution in [0.25, 0.3) is 0 Å². The third-order valence-corrected chi connectivity index (χ3v) is 6.33. The zero-order chi connectivity index (χ0) is 19.4. The van der Waals surface area contributed by atoms with Gasteiger partial charge in [-0.25, -0.2) is 8.42 Å². The molecule has 144 valence electrons. The molecule has 1 aliphatic rings. The molecule has 1 amide bonds. The zero-order valence-corrected chi connectivity index (χ0v) is 16.5. The molecule has 0 aromatic heterocycles. The van der Waals surface area contributed by atoms with Crippen molar-refractivity contribution in [1.29, 1.82) is 0 Å². The summed E-state index contributed by atoms with van der Waals surface area (Å²) in [4.78, 5) is 14.9. The number of benzene rings is 2. The minimum absolute atomic E-state index is 0.0279.